The molecule has 1 aliphatic rings. The van der Waals surface area contributed by atoms with Gasteiger partial charge in [-0.2, -0.15) is 0 Å². The predicted octanol–water partition coefficient (Wildman–Crippen LogP) is 2.10. The van der Waals surface area contributed by atoms with E-state index >= 15 is 0 Å². The maximum Gasteiger partial charge on any atom is 0.306 e. The number of aryl methyl sites for hydroxylation is 1. The number of aliphatic carboxylic acids is 1. The van der Waals surface area contributed by atoms with Crippen LogP contribution >= 0.6 is 0 Å². The molecule has 1 aromatic carbocycles. The summed E-state index contributed by atoms with van der Waals surface area (Å²) in [5, 5.41) is 11.9. The fraction of sp³-hybridized carbons (Fsp3) is 0.529. The van der Waals surface area contributed by atoms with E-state index in [-0.39, 0.29) is 17.6 Å². The number of sulfone groups is 1. The molecule has 2 atom stereocenters. The van der Waals surface area contributed by atoms with Crippen molar-refractivity contribution in [1.82, 2.24) is 0 Å². The number of hydrogen-bond acceptors (Lipinski definition) is 4. The highest BCUT2D eigenvalue weighted by Gasteiger charge is 2.30. The average Bonchev–Trinajstić information content (AvgIpc) is 2.53. The minimum Gasteiger partial charge on any atom is -0.481 e. The quantitative estimate of drug-likeness (QED) is 0.816. The molecule has 0 radical (unpaired) electrons. The average molecular weight is 353 g/mol. The first-order valence-corrected chi connectivity index (χ1v) is 10.1. The molecular weight excluding hydrogens is 330 g/mol. The van der Waals surface area contributed by atoms with Crippen molar-refractivity contribution in [3.05, 3.63) is 29.8 Å². The number of carbonyl (C=O) groups excluding carboxylic acids is 1. The second-order valence-electron chi connectivity index (χ2n) is 6.46. The summed E-state index contributed by atoms with van der Waals surface area (Å²) in [4.78, 5) is 23.4. The highest BCUT2D eigenvalue weighted by atomic mass is 32.2. The molecule has 0 heterocycles. The molecule has 1 aliphatic carbocycles. The molecule has 132 valence electrons. The van der Waals surface area contributed by atoms with Crippen molar-refractivity contribution >= 4 is 27.4 Å². The molecule has 7 heteroatoms. The molecule has 2 rings (SSSR count). The van der Waals surface area contributed by atoms with Crippen LogP contribution in [0.4, 0.5) is 5.69 Å². The molecular formula is C17H23NO5S. The fourth-order valence-electron chi connectivity index (χ4n) is 2.95. The van der Waals surface area contributed by atoms with E-state index in [1.165, 1.54) is 6.26 Å². The van der Waals surface area contributed by atoms with Gasteiger partial charge in [0.2, 0.25) is 5.91 Å². The summed E-state index contributed by atoms with van der Waals surface area (Å²) in [5.74, 6) is -1.60. The van der Waals surface area contributed by atoms with E-state index in [2.05, 4.69) is 5.32 Å². The normalized spacial score (nSPS) is 21.2. The van der Waals surface area contributed by atoms with Crippen molar-refractivity contribution in [2.45, 2.75) is 32.1 Å². The van der Waals surface area contributed by atoms with Crippen LogP contribution in [0.3, 0.4) is 0 Å². The van der Waals surface area contributed by atoms with Crippen LogP contribution in [-0.4, -0.2) is 37.4 Å². The van der Waals surface area contributed by atoms with Crippen LogP contribution < -0.4 is 5.32 Å². The molecule has 0 saturated heterocycles. The summed E-state index contributed by atoms with van der Waals surface area (Å²) in [6, 6.07) is 7.07. The van der Waals surface area contributed by atoms with Gasteiger partial charge >= 0.3 is 5.97 Å². The van der Waals surface area contributed by atoms with Crippen molar-refractivity contribution in [3.63, 3.8) is 0 Å². The van der Waals surface area contributed by atoms with Crippen molar-refractivity contribution in [1.29, 1.82) is 0 Å². The van der Waals surface area contributed by atoms with E-state index in [4.69, 9.17) is 5.11 Å². The van der Waals surface area contributed by atoms with Gasteiger partial charge < -0.3 is 10.4 Å². The lowest BCUT2D eigenvalue weighted by Crippen LogP contribution is -2.30. The molecule has 1 aromatic rings. The van der Waals surface area contributed by atoms with Crippen LogP contribution in [0.25, 0.3) is 0 Å². The molecule has 6 nitrogen and oxygen atoms in total. The van der Waals surface area contributed by atoms with Gasteiger partial charge in [-0.15, -0.1) is 0 Å². The van der Waals surface area contributed by atoms with Crippen LogP contribution in [0.1, 0.15) is 31.2 Å². The Labute approximate surface area is 142 Å². The number of benzene rings is 1. The zero-order chi connectivity index (χ0) is 17.7. The maximum atomic E-state index is 12.3. The Morgan fingerprint density at radius 1 is 1.17 bits per heavy atom. The summed E-state index contributed by atoms with van der Waals surface area (Å²) in [6.07, 6.45) is 4.12. The lowest BCUT2D eigenvalue weighted by molar-refractivity contribution is -0.143. The molecule has 2 N–H and O–H groups in total. The van der Waals surface area contributed by atoms with E-state index < -0.39 is 21.7 Å². The van der Waals surface area contributed by atoms with Gasteiger partial charge in [-0.25, -0.2) is 8.42 Å². The smallest absolute Gasteiger partial charge is 0.306 e. The van der Waals surface area contributed by atoms with Crippen molar-refractivity contribution in [2.75, 3.05) is 17.3 Å². The zero-order valence-corrected chi connectivity index (χ0v) is 14.5. The van der Waals surface area contributed by atoms with E-state index in [0.29, 0.717) is 31.4 Å². The molecule has 0 aliphatic heterocycles. The SMILES string of the molecule is CS(=O)(=O)CCc1ccc(NC(=O)C2CCCC(C(=O)O)C2)cc1. The van der Waals surface area contributed by atoms with Crippen LogP contribution in [0.5, 0.6) is 0 Å². The van der Waals surface area contributed by atoms with Crippen LogP contribution in [0.15, 0.2) is 24.3 Å². The molecule has 2 unspecified atom stereocenters. The monoisotopic (exact) mass is 353 g/mol. The van der Waals surface area contributed by atoms with E-state index in [0.717, 1.165) is 12.0 Å². The summed E-state index contributed by atoms with van der Waals surface area (Å²) in [6.45, 7) is 0. The lowest BCUT2D eigenvalue weighted by Gasteiger charge is -2.25. The van der Waals surface area contributed by atoms with Gasteiger partial charge in [-0.1, -0.05) is 18.6 Å². The van der Waals surface area contributed by atoms with E-state index in [1.807, 2.05) is 0 Å². The van der Waals surface area contributed by atoms with Crippen molar-refractivity contribution in [3.8, 4) is 0 Å². The third-order valence-corrected chi connectivity index (χ3v) is 5.32. The van der Waals surface area contributed by atoms with E-state index in [1.54, 1.807) is 24.3 Å². The molecule has 0 bridgehead atoms. The number of nitrogens with one attached hydrogen (secondary N) is 1. The Bertz CT molecular complexity index is 696. The minimum atomic E-state index is -3.00. The third-order valence-electron chi connectivity index (χ3n) is 4.38. The van der Waals surface area contributed by atoms with Crippen LogP contribution in [0, 0.1) is 11.8 Å². The first-order valence-electron chi connectivity index (χ1n) is 8.05. The number of amides is 1. The predicted molar refractivity (Wildman–Crippen MR) is 91.6 cm³/mol. The fourth-order valence-corrected chi connectivity index (χ4v) is 3.56. The standard InChI is InChI=1S/C17H23NO5S/c1-24(22,23)10-9-12-5-7-15(8-6-12)18-16(19)13-3-2-4-14(11-13)17(20)21/h5-8,13-14H,2-4,9-11H2,1H3,(H,18,19)(H,20,21). The highest BCUT2D eigenvalue weighted by Crippen LogP contribution is 2.30. The largest absolute Gasteiger partial charge is 0.481 e. The molecule has 1 amide bonds. The van der Waals surface area contributed by atoms with Crippen molar-refractivity contribution < 1.29 is 23.1 Å². The van der Waals surface area contributed by atoms with Gasteiger partial charge in [0.15, 0.2) is 0 Å². The Kier molecular flexibility index (Phi) is 5.99. The van der Waals surface area contributed by atoms with E-state index in [9.17, 15) is 18.0 Å². The minimum absolute atomic E-state index is 0.0946. The summed E-state index contributed by atoms with van der Waals surface area (Å²) in [5.41, 5.74) is 1.53. The van der Waals surface area contributed by atoms with Crippen LogP contribution in [0.2, 0.25) is 0 Å². The number of anilines is 1. The third kappa shape index (κ3) is 5.63. The molecule has 0 aromatic heterocycles. The van der Waals surface area contributed by atoms with Crippen molar-refractivity contribution in [2.24, 2.45) is 11.8 Å². The van der Waals surface area contributed by atoms with Gasteiger partial charge in [0.05, 0.1) is 11.7 Å². The summed E-state index contributed by atoms with van der Waals surface area (Å²) in [7, 11) is -3.00. The second-order valence-corrected chi connectivity index (χ2v) is 8.72. The second kappa shape index (κ2) is 7.79. The number of rotatable bonds is 6. The molecule has 1 saturated carbocycles. The first-order chi connectivity index (χ1) is 11.2. The number of carbonyl (C=O) groups is 2. The molecule has 0 spiro atoms. The molecule has 1 fully saturated rings. The Morgan fingerprint density at radius 2 is 1.79 bits per heavy atom. The summed E-state index contributed by atoms with van der Waals surface area (Å²) >= 11 is 0. The lowest BCUT2D eigenvalue weighted by atomic mass is 9.81. The van der Waals surface area contributed by atoms with Crippen LogP contribution in [-0.2, 0) is 25.8 Å². The number of hydrogen-bond donors (Lipinski definition) is 2. The Hall–Kier alpha value is -1.89. The molecule has 24 heavy (non-hydrogen) atoms. The number of carboxylic acid groups (broad SMARTS) is 1. The summed E-state index contributed by atoms with van der Waals surface area (Å²) < 4.78 is 22.3. The van der Waals surface area contributed by atoms with Gasteiger partial charge in [0.1, 0.15) is 9.84 Å². The maximum absolute atomic E-state index is 12.3. The van der Waals surface area contributed by atoms with Gasteiger partial charge in [0, 0.05) is 17.9 Å². The zero-order valence-electron chi connectivity index (χ0n) is 13.7. The Morgan fingerprint density at radius 3 is 2.38 bits per heavy atom. The number of carboxylic acids is 1. The van der Waals surface area contributed by atoms with Gasteiger partial charge in [-0.3, -0.25) is 9.59 Å². The van der Waals surface area contributed by atoms with Gasteiger partial charge in [0.25, 0.3) is 0 Å². The first kappa shape index (κ1) is 18.4. The van der Waals surface area contributed by atoms with Gasteiger partial charge in [-0.05, 0) is 43.4 Å². The topological polar surface area (TPSA) is 101 Å². The Balaban J connectivity index is 1.91. The highest BCUT2D eigenvalue weighted by molar-refractivity contribution is 7.90.